The van der Waals surface area contributed by atoms with E-state index < -0.39 is 29.4 Å². The van der Waals surface area contributed by atoms with E-state index in [1.165, 1.54) is 6.07 Å². The molecule has 1 amide bonds. The van der Waals surface area contributed by atoms with Crippen molar-refractivity contribution in [3.63, 3.8) is 0 Å². The average molecular weight is 508 g/mol. The summed E-state index contributed by atoms with van der Waals surface area (Å²) in [6.45, 7) is 6.53. The van der Waals surface area contributed by atoms with E-state index >= 15 is 0 Å². The van der Waals surface area contributed by atoms with Crippen LogP contribution in [0, 0.1) is 18.6 Å². The number of aliphatic hydroxyl groups excluding tert-OH is 1. The largest absolute Gasteiger partial charge is 0.507 e. The minimum Gasteiger partial charge on any atom is -0.507 e. The van der Waals surface area contributed by atoms with Crippen LogP contribution in [0.5, 0.6) is 11.5 Å². The number of halogens is 2. The molecular formula is C29H27F2NO5. The van der Waals surface area contributed by atoms with Gasteiger partial charge in [-0.3, -0.25) is 14.5 Å². The van der Waals surface area contributed by atoms with Gasteiger partial charge in [0.25, 0.3) is 11.7 Å². The van der Waals surface area contributed by atoms with Crippen LogP contribution in [0.15, 0.2) is 66.2 Å². The first-order chi connectivity index (χ1) is 17.8. The highest BCUT2D eigenvalue weighted by atomic mass is 19.2. The van der Waals surface area contributed by atoms with E-state index in [0.29, 0.717) is 35.8 Å². The lowest BCUT2D eigenvalue weighted by Gasteiger charge is -2.26. The van der Waals surface area contributed by atoms with Gasteiger partial charge in [0.2, 0.25) is 0 Å². The zero-order valence-corrected chi connectivity index (χ0v) is 20.8. The van der Waals surface area contributed by atoms with Crippen molar-refractivity contribution in [2.75, 3.05) is 18.1 Å². The predicted molar refractivity (Wildman–Crippen MR) is 136 cm³/mol. The van der Waals surface area contributed by atoms with E-state index in [1.807, 2.05) is 20.8 Å². The third-order valence-corrected chi connectivity index (χ3v) is 6.02. The SMILES string of the molecule is CCCOc1ccc(/C(O)=C2\C(=O)C(=O)N(c3ccc(F)c(F)c3)C2c2cccc(OCC)c2)cc1C. The highest BCUT2D eigenvalue weighted by Gasteiger charge is 2.47. The van der Waals surface area contributed by atoms with Crippen molar-refractivity contribution in [3.05, 3.63) is 94.6 Å². The van der Waals surface area contributed by atoms with Gasteiger partial charge < -0.3 is 14.6 Å². The molecule has 6 nitrogen and oxygen atoms in total. The second kappa shape index (κ2) is 10.8. The van der Waals surface area contributed by atoms with Gasteiger partial charge in [-0.1, -0.05) is 19.1 Å². The summed E-state index contributed by atoms with van der Waals surface area (Å²) >= 11 is 0. The fourth-order valence-electron chi connectivity index (χ4n) is 4.32. The van der Waals surface area contributed by atoms with Crippen LogP contribution in [0.3, 0.4) is 0 Å². The smallest absolute Gasteiger partial charge is 0.300 e. The summed E-state index contributed by atoms with van der Waals surface area (Å²) in [6.07, 6.45) is 0.829. The molecule has 1 N–H and O–H groups in total. The standard InChI is InChI=1S/C29H27F2NO5/c1-4-13-37-24-12-9-19(14-17(24)3)27(33)25-26(18-7-6-8-21(15-18)36-5-2)32(29(35)28(25)34)20-10-11-22(30)23(31)16-20/h6-12,14-16,26,33H,4-5,13H2,1-3H3/b27-25+. The first-order valence-electron chi connectivity index (χ1n) is 12.0. The number of benzene rings is 3. The highest BCUT2D eigenvalue weighted by molar-refractivity contribution is 6.51. The van der Waals surface area contributed by atoms with E-state index in [1.54, 1.807) is 42.5 Å². The Morgan fingerprint density at radius 2 is 1.76 bits per heavy atom. The molecule has 1 atom stereocenters. The third kappa shape index (κ3) is 5.05. The van der Waals surface area contributed by atoms with Crippen LogP contribution < -0.4 is 14.4 Å². The lowest BCUT2D eigenvalue weighted by Crippen LogP contribution is -2.29. The lowest BCUT2D eigenvalue weighted by atomic mass is 9.94. The zero-order chi connectivity index (χ0) is 26.7. The van der Waals surface area contributed by atoms with Gasteiger partial charge in [-0.05, 0) is 73.9 Å². The summed E-state index contributed by atoms with van der Waals surface area (Å²) in [5, 5.41) is 11.3. The van der Waals surface area contributed by atoms with Crippen LogP contribution in [0.4, 0.5) is 14.5 Å². The Morgan fingerprint density at radius 3 is 2.43 bits per heavy atom. The Bertz CT molecular complexity index is 1380. The molecule has 1 aliphatic rings. The number of ether oxygens (including phenoxy) is 2. The molecule has 0 bridgehead atoms. The topological polar surface area (TPSA) is 76.1 Å². The number of carbonyl (C=O) groups is 2. The molecular weight excluding hydrogens is 480 g/mol. The molecule has 0 radical (unpaired) electrons. The molecule has 1 saturated heterocycles. The summed E-state index contributed by atoms with van der Waals surface area (Å²) in [4.78, 5) is 27.6. The summed E-state index contributed by atoms with van der Waals surface area (Å²) < 4.78 is 39.1. The summed E-state index contributed by atoms with van der Waals surface area (Å²) in [5.41, 5.74) is 1.31. The fraction of sp³-hybridized carbons (Fsp3) is 0.241. The molecule has 0 saturated carbocycles. The van der Waals surface area contributed by atoms with Gasteiger partial charge in [0.1, 0.15) is 17.3 Å². The molecule has 1 unspecified atom stereocenters. The average Bonchev–Trinajstić information content (AvgIpc) is 3.15. The molecule has 8 heteroatoms. The Hall–Kier alpha value is -4.20. The number of carbonyl (C=O) groups excluding carboxylic acids is 2. The molecule has 1 aliphatic heterocycles. The second-order valence-electron chi connectivity index (χ2n) is 8.60. The van der Waals surface area contributed by atoms with Gasteiger partial charge in [-0.15, -0.1) is 0 Å². The maximum atomic E-state index is 14.2. The van der Waals surface area contributed by atoms with Crippen molar-refractivity contribution < 1.29 is 33.0 Å². The van der Waals surface area contributed by atoms with Crippen LogP contribution in [0.1, 0.15) is 43.0 Å². The Labute approximate surface area is 213 Å². The van der Waals surface area contributed by atoms with Gasteiger partial charge in [0, 0.05) is 17.3 Å². The van der Waals surface area contributed by atoms with E-state index in [0.717, 1.165) is 29.0 Å². The van der Waals surface area contributed by atoms with E-state index in [2.05, 4.69) is 0 Å². The van der Waals surface area contributed by atoms with E-state index in [9.17, 15) is 23.5 Å². The van der Waals surface area contributed by atoms with Crippen molar-refractivity contribution in [1.82, 2.24) is 0 Å². The minimum absolute atomic E-state index is 0.0219. The van der Waals surface area contributed by atoms with Crippen LogP contribution in [0.25, 0.3) is 5.76 Å². The van der Waals surface area contributed by atoms with Crippen molar-refractivity contribution >= 4 is 23.1 Å². The molecule has 0 spiro atoms. The molecule has 1 heterocycles. The lowest BCUT2D eigenvalue weighted by molar-refractivity contribution is -0.132. The first-order valence-corrected chi connectivity index (χ1v) is 12.0. The number of amides is 1. The first kappa shape index (κ1) is 25.9. The Morgan fingerprint density at radius 1 is 0.973 bits per heavy atom. The zero-order valence-electron chi connectivity index (χ0n) is 20.8. The summed E-state index contributed by atoms with van der Waals surface area (Å²) in [6, 6.07) is 13.5. The van der Waals surface area contributed by atoms with Crippen molar-refractivity contribution in [1.29, 1.82) is 0 Å². The molecule has 1 fully saturated rings. The van der Waals surface area contributed by atoms with Crippen molar-refractivity contribution in [2.45, 2.75) is 33.2 Å². The number of hydrogen-bond donors (Lipinski definition) is 1. The molecule has 3 aromatic rings. The Kier molecular flexibility index (Phi) is 7.57. The summed E-state index contributed by atoms with van der Waals surface area (Å²) in [5.74, 6) is -3.43. The number of hydrogen-bond acceptors (Lipinski definition) is 5. The molecule has 4 rings (SSSR count). The van der Waals surface area contributed by atoms with Gasteiger partial charge in [0.05, 0.1) is 24.8 Å². The van der Waals surface area contributed by atoms with Crippen molar-refractivity contribution in [2.24, 2.45) is 0 Å². The van der Waals surface area contributed by atoms with Gasteiger partial charge in [0.15, 0.2) is 11.6 Å². The second-order valence-corrected chi connectivity index (χ2v) is 8.60. The maximum absolute atomic E-state index is 14.2. The van der Waals surface area contributed by atoms with Gasteiger partial charge >= 0.3 is 0 Å². The normalized spacial score (nSPS) is 16.8. The predicted octanol–water partition coefficient (Wildman–Crippen LogP) is 6.09. The van der Waals surface area contributed by atoms with Crippen LogP contribution in [0.2, 0.25) is 0 Å². The fourth-order valence-corrected chi connectivity index (χ4v) is 4.32. The monoisotopic (exact) mass is 507 g/mol. The number of aliphatic hydroxyl groups is 1. The maximum Gasteiger partial charge on any atom is 0.300 e. The van der Waals surface area contributed by atoms with Gasteiger partial charge in [-0.25, -0.2) is 8.78 Å². The van der Waals surface area contributed by atoms with Crippen LogP contribution in [-0.2, 0) is 9.59 Å². The van der Waals surface area contributed by atoms with E-state index in [-0.39, 0.29) is 17.0 Å². The quantitative estimate of drug-likeness (QED) is 0.227. The van der Waals surface area contributed by atoms with Crippen LogP contribution >= 0.6 is 0 Å². The van der Waals surface area contributed by atoms with Gasteiger partial charge in [-0.2, -0.15) is 0 Å². The number of rotatable bonds is 8. The molecule has 37 heavy (non-hydrogen) atoms. The molecule has 0 aliphatic carbocycles. The number of nitrogens with zero attached hydrogens (tertiary/aromatic N) is 1. The highest BCUT2D eigenvalue weighted by Crippen LogP contribution is 2.43. The summed E-state index contributed by atoms with van der Waals surface area (Å²) in [7, 11) is 0. The van der Waals surface area contributed by atoms with Crippen LogP contribution in [-0.4, -0.2) is 30.0 Å². The minimum atomic E-state index is -1.17. The molecule has 0 aromatic heterocycles. The molecule has 3 aromatic carbocycles. The number of aryl methyl sites for hydroxylation is 1. The molecule has 192 valence electrons. The number of Topliss-reactive ketones (excluding diaryl/α,β-unsaturated/α-hetero) is 1. The van der Waals surface area contributed by atoms with E-state index in [4.69, 9.17) is 9.47 Å². The number of anilines is 1. The Balaban J connectivity index is 1.90. The third-order valence-electron chi connectivity index (χ3n) is 6.02. The number of ketones is 1. The van der Waals surface area contributed by atoms with Crippen molar-refractivity contribution in [3.8, 4) is 11.5 Å².